The van der Waals surface area contributed by atoms with Crippen LogP contribution < -0.4 is 5.46 Å². The van der Waals surface area contributed by atoms with E-state index < -0.39 is 12.4 Å². The van der Waals surface area contributed by atoms with Gasteiger partial charge in [-0.2, -0.15) is 0 Å². The van der Waals surface area contributed by atoms with Crippen LogP contribution in [0, 0.1) is 0 Å². The van der Waals surface area contributed by atoms with Gasteiger partial charge in [-0.05, 0) is 38.2 Å². The fourth-order valence-electron chi connectivity index (χ4n) is 2.17. The topological polar surface area (TPSA) is 16.1 Å². The van der Waals surface area contributed by atoms with Gasteiger partial charge in [0.25, 0.3) is 0 Å². The maximum Gasteiger partial charge on any atom is 0.511 e. The molecule has 1 aromatic heterocycles. The average molecular weight is 229 g/mol. The van der Waals surface area contributed by atoms with Crippen molar-refractivity contribution in [1.82, 2.24) is 9.88 Å². The quantitative estimate of drug-likeness (QED) is 0.720. The molecule has 0 bridgehead atoms. The van der Waals surface area contributed by atoms with E-state index in [-0.39, 0.29) is 6.04 Å². The van der Waals surface area contributed by atoms with Gasteiger partial charge in [-0.3, -0.25) is 9.88 Å². The Kier molecular flexibility index (Phi) is 2.92. The van der Waals surface area contributed by atoms with Crippen LogP contribution in [0.4, 0.5) is 12.9 Å². The number of pyridine rings is 1. The van der Waals surface area contributed by atoms with Crippen LogP contribution >= 0.6 is 0 Å². The van der Waals surface area contributed by atoms with E-state index in [0.717, 1.165) is 25.6 Å². The lowest BCUT2D eigenvalue weighted by molar-refractivity contribution is 0.317. The molecular weight excluding hydrogens is 216 g/mol. The minimum atomic E-state index is -4.94. The van der Waals surface area contributed by atoms with Crippen LogP contribution in [0.15, 0.2) is 18.5 Å². The minimum Gasteiger partial charge on any atom is -0.445 e. The lowest BCUT2D eigenvalue weighted by Gasteiger charge is -2.22. The van der Waals surface area contributed by atoms with E-state index in [4.69, 9.17) is 0 Å². The first kappa shape index (κ1) is 11.5. The van der Waals surface area contributed by atoms with Gasteiger partial charge in [0.2, 0.25) is 0 Å². The summed E-state index contributed by atoms with van der Waals surface area (Å²) in [6, 6.07) is 1.32. The van der Waals surface area contributed by atoms with Crippen molar-refractivity contribution in [3.05, 3.63) is 24.0 Å². The molecule has 2 rings (SSSR count). The molecule has 1 saturated heterocycles. The lowest BCUT2D eigenvalue weighted by Crippen LogP contribution is -2.35. The molecule has 1 aliphatic heterocycles. The highest BCUT2D eigenvalue weighted by molar-refractivity contribution is 6.73. The number of rotatable bonds is 2. The third-order valence-electron chi connectivity index (χ3n) is 3.06. The van der Waals surface area contributed by atoms with Crippen LogP contribution in [0.1, 0.15) is 24.4 Å². The predicted octanol–water partition coefficient (Wildman–Crippen LogP) is 1.90. The third kappa shape index (κ3) is 2.21. The molecule has 88 valence electrons. The van der Waals surface area contributed by atoms with E-state index in [9.17, 15) is 12.9 Å². The third-order valence-corrected chi connectivity index (χ3v) is 3.06. The molecule has 1 aromatic rings. The standard InChI is InChI=1S/C10H13BF3N2/c1-16-4-2-3-10(16)8-5-9(7-15-6-8)11(12,13)14/h5-7,10H,2-4H2,1H3/q-1/t10-/m0/s1. The van der Waals surface area contributed by atoms with Crippen molar-refractivity contribution in [3.8, 4) is 0 Å². The molecule has 0 saturated carbocycles. The van der Waals surface area contributed by atoms with Crippen molar-refractivity contribution in [1.29, 1.82) is 0 Å². The summed E-state index contributed by atoms with van der Waals surface area (Å²) in [6.07, 6.45) is 4.38. The SMILES string of the molecule is CN1CCC[C@H]1c1cncc([B-](F)(F)F)c1. The average Bonchev–Trinajstić information content (AvgIpc) is 2.63. The normalized spacial score (nSPS) is 22.6. The van der Waals surface area contributed by atoms with Crippen molar-refractivity contribution >= 4 is 12.4 Å². The molecule has 0 amide bonds. The summed E-state index contributed by atoms with van der Waals surface area (Å²) in [5, 5.41) is 0. The molecule has 1 atom stereocenters. The van der Waals surface area contributed by atoms with Gasteiger partial charge in [0, 0.05) is 12.2 Å². The Labute approximate surface area is 92.5 Å². The second kappa shape index (κ2) is 4.09. The Morgan fingerprint density at radius 3 is 2.69 bits per heavy atom. The van der Waals surface area contributed by atoms with Crippen molar-refractivity contribution < 1.29 is 12.9 Å². The summed E-state index contributed by atoms with van der Waals surface area (Å²) in [6.45, 7) is -4.00. The molecule has 0 aromatic carbocycles. The van der Waals surface area contributed by atoms with Gasteiger partial charge in [-0.1, -0.05) is 11.5 Å². The smallest absolute Gasteiger partial charge is 0.445 e. The molecule has 0 N–H and O–H groups in total. The zero-order chi connectivity index (χ0) is 11.8. The number of likely N-dealkylation sites (tertiary alicyclic amines) is 1. The fraction of sp³-hybridized carbons (Fsp3) is 0.500. The highest BCUT2D eigenvalue weighted by Gasteiger charge is 2.28. The van der Waals surface area contributed by atoms with Gasteiger partial charge in [0.15, 0.2) is 0 Å². The molecule has 6 heteroatoms. The molecule has 1 fully saturated rings. The van der Waals surface area contributed by atoms with Gasteiger partial charge in [0.05, 0.1) is 0 Å². The van der Waals surface area contributed by atoms with Gasteiger partial charge < -0.3 is 12.9 Å². The number of nitrogens with zero attached hydrogens (tertiary/aromatic N) is 2. The molecule has 2 heterocycles. The van der Waals surface area contributed by atoms with Crippen molar-refractivity contribution in [2.75, 3.05) is 13.6 Å². The summed E-state index contributed by atoms with van der Waals surface area (Å²) < 4.78 is 37.7. The second-order valence-corrected chi connectivity index (χ2v) is 4.27. The molecule has 2 nitrogen and oxygen atoms in total. The van der Waals surface area contributed by atoms with E-state index in [1.807, 2.05) is 7.05 Å². The monoisotopic (exact) mass is 229 g/mol. The van der Waals surface area contributed by atoms with Gasteiger partial charge in [0.1, 0.15) is 0 Å². The molecule has 16 heavy (non-hydrogen) atoms. The van der Waals surface area contributed by atoms with E-state index in [2.05, 4.69) is 9.88 Å². The molecule has 0 spiro atoms. The molecule has 1 aliphatic rings. The summed E-state index contributed by atoms with van der Waals surface area (Å²) in [4.78, 5) is 5.77. The zero-order valence-electron chi connectivity index (χ0n) is 9.04. The van der Waals surface area contributed by atoms with Crippen LogP contribution in [-0.4, -0.2) is 30.5 Å². The molecule has 0 radical (unpaired) electrons. The van der Waals surface area contributed by atoms with Crippen LogP contribution in [-0.2, 0) is 0 Å². The lowest BCUT2D eigenvalue weighted by atomic mass is 9.80. The van der Waals surface area contributed by atoms with E-state index in [1.165, 1.54) is 12.3 Å². The van der Waals surface area contributed by atoms with E-state index >= 15 is 0 Å². The Hall–Kier alpha value is -1.04. The first-order valence-corrected chi connectivity index (χ1v) is 5.33. The van der Waals surface area contributed by atoms with Gasteiger partial charge >= 0.3 is 6.98 Å². The highest BCUT2D eigenvalue weighted by Crippen LogP contribution is 2.29. The molecule has 0 unspecified atom stereocenters. The van der Waals surface area contributed by atoms with Gasteiger partial charge in [-0.25, -0.2) is 0 Å². The number of halogens is 3. The van der Waals surface area contributed by atoms with E-state index in [1.54, 1.807) is 0 Å². The highest BCUT2D eigenvalue weighted by atomic mass is 19.4. The number of hydrogen-bond donors (Lipinski definition) is 0. The first-order chi connectivity index (χ1) is 7.48. The van der Waals surface area contributed by atoms with Crippen molar-refractivity contribution in [2.24, 2.45) is 0 Å². The fourth-order valence-corrected chi connectivity index (χ4v) is 2.17. The van der Waals surface area contributed by atoms with Crippen molar-refractivity contribution in [3.63, 3.8) is 0 Å². The largest absolute Gasteiger partial charge is 0.511 e. The molecular formula is C10H13BF3N2-. The summed E-state index contributed by atoms with van der Waals surface area (Å²) in [7, 11) is 1.93. The Morgan fingerprint density at radius 1 is 1.38 bits per heavy atom. The van der Waals surface area contributed by atoms with Crippen LogP contribution in [0.5, 0.6) is 0 Å². The van der Waals surface area contributed by atoms with Crippen molar-refractivity contribution in [2.45, 2.75) is 18.9 Å². The Morgan fingerprint density at radius 2 is 2.12 bits per heavy atom. The Bertz CT molecular complexity index is 381. The summed E-state index contributed by atoms with van der Waals surface area (Å²) >= 11 is 0. The maximum absolute atomic E-state index is 12.6. The second-order valence-electron chi connectivity index (χ2n) is 4.27. The minimum absolute atomic E-state index is 0.0885. The predicted molar refractivity (Wildman–Crippen MR) is 57.6 cm³/mol. The first-order valence-electron chi connectivity index (χ1n) is 5.33. The maximum atomic E-state index is 12.6. The number of hydrogen-bond acceptors (Lipinski definition) is 2. The van der Waals surface area contributed by atoms with Crippen LogP contribution in [0.2, 0.25) is 0 Å². The van der Waals surface area contributed by atoms with E-state index in [0.29, 0.717) is 5.56 Å². The zero-order valence-corrected chi connectivity index (χ0v) is 9.04. The number of aromatic nitrogens is 1. The molecule has 0 aliphatic carbocycles. The van der Waals surface area contributed by atoms with Crippen LogP contribution in [0.25, 0.3) is 0 Å². The summed E-state index contributed by atoms with van der Waals surface area (Å²) in [5.41, 5.74) is 0.0782. The van der Waals surface area contributed by atoms with Crippen LogP contribution in [0.3, 0.4) is 0 Å². The summed E-state index contributed by atoms with van der Waals surface area (Å²) in [5.74, 6) is 0. The van der Waals surface area contributed by atoms with Gasteiger partial charge in [-0.15, -0.1) is 0 Å². The Balaban J connectivity index is 2.29.